The van der Waals surface area contributed by atoms with E-state index in [-0.39, 0.29) is 23.8 Å². The zero-order valence-corrected chi connectivity index (χ0v) is 11.3. The van der Waals surface area contributed by atoms with Crippen LogP contribution in [0.5, 0.6) is 0 Å². The number of benzene rings is 1. The van der Waals surface area contributed by atoms with Gasteiger partial charge in [-0.1, -0.05) is 12.1 Å². The second-order valence-electron chi connectivity index (χ2n) is 5.00. The number of nitrogens with two attached hydrogens (primary N) is 1. The molecule has 1 aromatic rings. The van der Waals surface area contributed by atoms with Crippen LogP contribution in [0.25, 0.3) is 0 Å². The number of carbonyl (C=O) groups excluding carboxylic acids is 1. The third-order valence-corrected chi connectivity index (χ3v) is 3.73. The Morgan fingerprint density at radius 2 is 2.11 bits per heavy atom. The van der Waals surface area contributed by atoms with Crippen molar-refractivity contribution in [3.63, 3.8) is 0 Å². The maximum Gasteiger partial charge on any atom is 0.245 e. The van der Waals surface area contributed by atoms with E-state index in [2.05, 4.69) is 0 Å². The molecule has 2 N–H and O–H groups in total. The Balaban J connectivity index is 2.36. The normalized spacial score (nSPS) is 23.9. The van der Waals surface area contributed by atoms with Gasteiger partial charge in [0.15, 0.2) is 0 Å². The third kappa shape index (κ3) is 2.56. The summed E-state index contributed by atoms with van der Waals surface area (Å²) in [6.45, 7) is 2.99. The van der Waals surface area contributed by atoms with Gasteiger partial charge in [-0.25, -0.2) is 4.39 Å². The number of nitrogens with zero attached hydrogens (tertiary/aromatic N) is 2. The van der Waals surface area contributed by atoms with Crippen molar-refractivity contribution >= 4 is 11.6 Å². The van der Waals surface area contributed by atoms with Gasteiger partial charge in [0.25, 0.3) is 0 Å². The maximum absolute atomic E-state index is 13.9. The maximum atomic E-state index is 13.9. The smallest absolute Gasteiger partial charge is 0.245 e. The summed E-state index contributed by atoms with van der Waals surface area (Å²) in [5, 5.41) is 0. The van der Waals surface area contributed by atoms with Crippen molar-refractivity contribution in [1.82, 2.24) is 4.90 Å². The summed E-state index contributed by atoms with van der Waals surface area (Å²) < 4.78 is 13.9. The van der Waals surface area contributed by atoms with Gasteiger partial charge in [0, 0.05) is 19.6 Å². The zero-order valence-electron chi connectivity index (χ0n) is 11.3. The van der Waals surface area contributed by atoms with Gasteiger partial charge in [-0.3, -0.25) is 4.79 Å². The fraction of sp³-hybridized carbons (Fsp3) is 0.500. The minimum Gasteiger partial charge on any atom is -0.355 e. The van der Waals surface area contributed by atoms with Gasteiger partial charge in [0.05, 0.1) is 5.69 Å². The average Bonchev–Trinajstić information content (AvgIpc) is 2.40. The van der Waals surface area contributed by atoms with Crippen molar-refractivity contribution in [2.24, 2.45) is 5.73 Å². The summed E-state index contributed by atoms with van der Waals surface area (Å²) in [5.41, 5.74) is 6.07. The second kappa shape index (κ2) is 5.57. The molecule has 1 aliphatic heterocycles. The Labute approximate surface area is 113 Å². The van der Waals surface area contributed by atoms with E-state index in [4.69, 9.17) is 5.73 Å². The molecular weight excluding hydrogens is 245 g/mol. The quantitative estimate of drug-likeness (QED) is 0.893. The standard InChI is InChI=1S/C14H20FN3O/c1-10-9-18(12-6-4-3-5-11(12)15)13(7-8-16)14(19)17(10)2/h3-6,10,13H,7-9,16H2,1-2H3. The first-order chi connectivity index (χ1) is 9.06. The monoisotopic (exact) mass is 265 g/mol. The lowest BCUT2D eigenvalue weighted by Crippen LogP contribution is -2.60. The van der Waals surface area contributed by atoms with Crippen molar-refractivity contribution in [3.8, 4) is 0 Å². The van der Waals surface area contributed by atoms with Crippen molar-refractivity contribution in [2.75, 3.05) is 25.0 Å². The molecule has 0 bridgehead atoms. The minimum atomic E-state index is -0.372. The molecule has 19 heavy (non-hydrogen) atoms. The first kappa shape index (κ1) is 13.8. The topological polar surface area (TPSA) is 49.6 Å². The molecule has 104 valence electrons. The highest BCUT2D eigenvalue weighted by Crippen LogP contribution is 2.27. The first-order valence-corrected chi connectivity index (χ1v) is 6.54. The molecule has 4 nitrogen and oxygen atoms in total. The van der Waals surface area contributed by atoms with E-state index in [9.17, 15) is 9.18 Å². The molecule has 2 rings (SSSR count). The van der Waals surface area contributed by atoms with Gasteiger partial charge in [-0.15, -0.1) is 0 Å². The van der Waals surface area contributed by atoms with Crippen LogP contribution in [0.2, 0.25) is 0 Å². The number of hydrogen-bond acceptors (Lipinski definition) is 3. The predicted octanol–water partition coefficient (Wildman–Crippen LogP) is 1.21. The highest BCUT2D eigenvalue weighted by molar-refractivity contribution is 5.87. The fourth-order valence-corrected chi connectivity index (χ4v) is 2.51. The van der Waals surface area contributed by atoms with Crippen LogP contribution >= 0.6 is 0 Å². The Bertz CT molecular complexity index is 466. The molecule has 1 fully saturated rings. The number of likely N-dealkylation sites (N-methyl/N-ethyl adjacent to an activating group) is 1. The number of hydrogen-bond donors (Lipinski definition) is 1. The van der Waals surface area contributed by atoms with E-state index >= 15 is 0 Å². The predicted molar refractivity (Wildman–Crippen MR) is 73.4 cm³/mol. The average molecular weight is 265 g/mol. The highest BCUT2D eigenvalue weighted by Gasteiger charge is 2.37. The van der Waals surface area contributed by atoms with Crippen molar-refractivity contribution in [3.05, 3.63) is 30.1 Å². The van der Waals surface area contributed by atoms with Crippen LogP contribution in [0.3, 0.4) is 0 Å². The van der Waals surface area contributed by atoms with Gasteiger partial charge in [0.1, 0.15) is 11.9 Å². The van der Waals surface area contributed by atoms with E-state index in [1.807, 2.05) is 11.8 Å². The fourth-order valence-electron chi connectivity index (χ4n) is 2.51. The molecule has 2 atom stereocenters. The van der Waals surface area contributed by atoms with Crippen molar-refractivity contribution < 1.29 is 9.18 Å². The molecule has 1 aromatic carbocycles. The summed E-state index contributed by atoms with van der Waals surface area (Å²) >= 11 is 0. The summed E-state index contributed by atoms with van der Waals surface area (Å²) in [6.07, 6.45) is 0.532. The molecule has 0 spiro atoms. The number of para-hydroxylation sites is 1. The number of rotatable bonds is 3. The van der Waals surface area contributed by atoms with E-state index in [0.717, 1.165) is 0 Å². The van der Waals surface area contributed by atoms with Crippen LogP contribution < -0.4 is 10.6 Å². The number of halogens is 1. The Hall–Kier alpha value is -1.62. The number of piperazine rings is 1. The Morgan fingerprint density at radius 3 is 2.74 bits per heavy atom. The SMILES string of the molecule is CC1CN(c2ccccc2F)C(CCN)C(=O)N1C. The van der Waals surface area contributed by atoms with Gasteiger partial charge < -0.3 is 15.5 Å². The van der Waals surface area contributed by atoms with Crippen LogP contribution in [-0.4, -0.2) is 43.0 Å². The van der Waals surface area contributed by atoms with Gasteiger partial charge in [-0.2, -0.15) is 0 Å². The summed E-state index contributed by atoms with van der Waals surface area (Å²) in [7, 11) is 1.79. The molecule has 1 amide bonds. The highest BCUT2D eigenvalue weighted by atomic mass is 19.1. The lowest BCUT2D eigenvalue weighted by Gasteiger charge is -2.44. The molecule has 1 heterocycles. The van der Waals surface area contributed by atoms with Gasteiger partial charge in [-0.05, 0) is 32.0 Å². The number of anilines is 1. The van der Waals surface area contributed by atoms with Crippen molar-refractivity contribution in [1.29, 1.82) is 0 Å². The molecule has 2 unspecified atom stereocenters. The molecule has 1 aliphatic rings. The Morgan fingerprint density at radius 1 is 1.42 bits per heavy atom. The number of carbonyl (C=O) groups is 1. The summed E-state index contributed by atoms with van der Waals surface area (Å²) in [6, 6.07) is 6.25. The van der Waals surface area contributed by atoms with E-state index in [1.54, 1.807) is 30.1 Å². The second-order valence-corrected chi connectivity index (χ2v) is 5.00. The van der Waals surface area contributed by atoms with Crippen LogP contribution in [0.15, 0.2) is 24.3 Å². The third-order valence-electron chi connectivity index (χ3n) is 3.73. The molecular formula is C14H20FN3O. The lowest BCUT2D eigenvalue weighted by atomic mass is 10.0. The van der Waals surface area contributed by atoms with Crippen molar-refractivity contribution in [2.45, 2.75) is 25.4 Å². The molecule has 5 heteroatoms. The van der Waals surface area contributed by atoms with E-state index in [1.165, 1.54) is 6.07 Å². The van der Waals surface area contributed by atoms with Crippen LogP contribution in [0.1, 0.15) is 13.3 Å². The molecule has 0 aliphatic carbocycles. The lowest BCUT2D eigenvalue weighted by molar-refractivity contribution is -0.135. The van der Waals surface area contributed by atoms with E-state index in [0.29, 0.717) is 25.2 Å². The molecule has 0 saturated carbocycles. The van der Waals surface area contributed by atoms with Gasteiger partial charge in [0.2, 0.25) is 5.91 Å². The molecule has 1 saturated heterocycles. The Kier molecular flexibility index (Phi) is 4.04. The van der Waals surface area contributed by atoms with E-state index < -0.39 is 0 Å². The summed E-state index contributed by atoms with van der Waals surface area (Å²) in [5.74, 6) is -0.290. The zero-order chi connectivity index (χ0) is 14.0. The minimum absolute atomic E-state index is 0.00690. The van der Waals surface area contributed by atoms with Crippen LogP contribution in [0, 0.1) is 5.82 Å². The number of amides is 1. The summed E-state index contributed by atoms with van der Waals surface area (Å²) in [4.78, 5) is 15.9. The van der Waals surface area contributed by atoms with Crippen LogP contribution in [0.4, 0.5) is 10.1 Å². The first-order valence-electron chi connectivity index (χ1n) is 6.54. The van der Waals surface area contributed by atoms with Crippen LogP contribution in [-0.2, 0) is 4.79 Å². The molecule has 0 radical (unpaired) electrons. The van der Waals surface area contributed by atoms with Gasteiger partial charge >= 0.3 is 0 Å². The largest absolute Gasteiger partial charge is 0.355 e. The molecule has 0 aromatic heterocycles.